The van der Waals surface area contributed by atoms with Gasteiger partial charge in [0.15, 0.2) is 0 Å². The number of fused-ring (bicyclic) bond motifs is 1. The van der Waals surface area contributed by atoms with E-state index >= 15 is 0 Å². The van der Waals surface area contributed by atoms with Gasteiger partial charge in [-0.2, -0.15) is 12.3 Å². The van der Waals surface area contributed by atoms with E-state index in [0.29, 0.717) is 0 Å². The van der Waals surface area contributed by atoms with Crippen LogP contribution in [0.3, 0.4) is 0 Å². The van der Waals surface area contributed by atoms with Crippen LogP contribution in [0.2, 0.25) is 0 Å². The van der Waals surface area contributed by atoms with E-state index in [4.69, 9.17) is 0 Å². The largest absolute Gasteiger partial charge is 0.358 e. The predicted molar refractivity (Wildman–Crippen MR) is 210 cm³/mol. The summed E-state index contributed by atoms with van der Waals surface area (Å²) in [7, 11) is 0. The van der Waals surface area contributed by atoms with Crippen LogP contribution in [-0.4, -0.2) is 0 Å². The van der Waals surface area contributed by atoms with E-state index in [2.05, 4.69) is 92.5 Å². The van der Waals surface area contributed by atoms with Crippen LogP contribution in [0.1, 0.15) is 144 Å². The summed E-state index contributed by atoms with van der Waals surface area (Å²) in [6.45, 7) is 40.5. The van der Waals surface area contributed by atoms with Gasteiger partial charge in [-0.15, -0.1) is 59.2 Å². The van der Waals surface area contributed by atoms with E-state index in [1.165, 1.54) is 77.0 Å². The van der Waals surface area contributed by atoms with Crippen molar-refractivity contribution < 1.29 is 32.7 Å². The van der Waals surface area contributed by atoms with Crippen molar-refractivity contribution in [3.63, 3.8) is 0 Å². The van der Waals surface area contributed by atoms with Crippen molar-refractivity contribution in [3.05, 3.63) is 115 Å². The van der Waals surface area contributed by atoms with Crippen molar-refractivity contribution in [2.75, 3.05) is 0 Å². The quantitative estimate of drug-likeness (QED) is 0.115. The molecule has 3 aliphatic carbocycles. The third-order valence-corrected chi connectivity index (χ3v) is 7.18. The molecule has 0 N–H and O–H groups in total. The third kappa shape index (κ3) is 45.5. The molecule has 0 nitrogen and oxygen atoms in total. The molecule has 0 amide bonds. The molecule has 0 spiro atoms. The fourth-order valence-corrected chi connectivity index (χ4v) is 4.67. The van der Waals surface area contributed by atoms with E-state index in [9.17, 15) is 0 Å². The van der Waals surface area contributed by atoms with Gasteiger partial charge in [0.05, 0.1) is 0 Å². The molecular formula is C43H80Y-2. The molecule has 0 aromatic rings. The average molecular weight is 686 g/mol. The van der Waals surface area contributed by atoms with Crippen LogP contribution in [-0.2, 0) is 32.7 Å². The first-order valence-electron chi connectivity index (χ1n) is 17.1. The van der Waals surface area contributed by atoms with Gasteiger partial charge in [-0.05, 0) is 88.9 Å². The molecule has 257 valence electrons. The number of unbranched alkanes of at least 4 members (excludes halogenated alkanes) is 4. The van der Waals surface area contributed by atoms with Crippen molar-refractivity contribution in [2.45, 2.75) is 144 Å². The standard InChI is InChI=1S/C11H18.C7H13.2C7H12.C4H8.C2H6.2C2H4.CH3.Y/c1-2-9-6-7-10-4-3-5-11(10)8-9;1-2-7-5-3-4-6-7;2*1-3-5-7-6-4-2;1-3-4-2;3*1-2;;/h7,9,11H,2-6,8H2,1H3;5,7H,2-4,6H2,1H3;2*3-4H,1-2,5-7H2;3H,1,4H2,2H3;1-2H3;2*1-2H2;1H3;/q;-1;;;;;;;-1;. The first kappa shape index (κ1) is 58.5. The van der Waals surface area contributed by atoms with Crippen LogP contribution in [0.4, 0.5) is 0 Å². The Bertz CT molecular complexity index is 542. The van der Waals surface area contributed by atoms with Gasteiger partial charge in [0.2, 0.25) is 0 Å². The monoisotopic (exact) mass is 686 g/mol. The molecule has 3 rings (SSSR count). The second-order valence-electron chi connectivity index (χ2n) is 10.2. The Hall–Kier alpha value is -0.976. The number of hydrogen-bond donors (Lipinski definition) is 0. The Morgan fingerprint density at radius 3 is 1.48 bits per heavy atom. The van der Waals surface area contributed by atoms with Gasteiger partial charge in [0, 0.05) is 32.7 Å². The molecule has 2 saturated carbocycles. The maximum Gasteiger partial charge on any atom is 0 e. The molecule has 3 atom stereocenters. The van der Waals surface area contributed by atoms with Crippen molar-refractivity contribution in [3.8, 4) is 0 Å². The molecule has 1 heteroatoms. The molecule has 2 fully saturated rings. The fourth-order valence-electron chi connectivity index (χ4n) is 4.67. The molecule has 0 aromatic carbocycles. The molecule has 44 heavy (non-hydrogen) atoms. The van der Waals surface area contributed by atoms with E-state index in [1.807, 2.05) is 44.2 Å². The van der Waals surface area contributed by atoms with Gasteiger partial charge >= 0.3 is 0 Å². The summed E-state index contributed by atoms with van der Waals surface area (Å²) in [6, 6.07) is 0. The van der Waals surface area contributed by atoms with Gasteiger partial charge < -0.3 is 13.8 Å². The normalized spacial score (nSPS) is 17.6. The molecule has 0 saturated heterocycles. The zero-order chi connectivity index (χ0) is 33.3. The summed E-state index contributed by atoms with van der Waals surface area (Å²) in [5.41, 5.74) is 1.80. The Balaban J connectivity index is -0.0000000757. The fraction of sp³-hybridized carbons (Fsp3) is 0.581. The summed E-state index contributed by atoms with van der Waals surface area (Å²) >= 11 is 0. The van der Waals surface area contributed by atoms with E-state index in [-0.39, 0.29) is 40.1 Å². The molecular weight excluding hydrogens is 605 g/mol. The first-order valence-corrected chi connectivity index (χ1v) is 17.1. The Morgan fingerprint density at radius 1 is 0.727 bits per heavy atom. The van der Waals surface area contributed by atoms with Crippen LogP contribution in [0.5, 0.6) is 0 Å². The van der Waals surface area contributed by atoms with Gasteiger partial charge in [0.1, 0.15) is 0 Å². The molecule has 3 aliphatic rings. The van der Waals surface area contributed by atoms with Crippen molar-refractivity contribution in [2.24, 2.45) is 17.8 Å². The maximum atomic E-state index is 3.60. The summed E-state index contributed by atoms with van der Waals surface area (Å²) in [4.78, 5) is 0. The van der Waals surface area contributed by atoms with E-state index in [0.717, 1.165) is 49.9 Å². The van der Waals surface area contributed by atoms with Crippen LogP contribution >= 0.6 is 0 Å². The topological polar surface area (TPSA) is 0 Å². The second-order valence-corrected chi connectivity index (χ2v) is 10.2. The zero-order valence-corrected chi connectivity index (χ0v) is 34.1. The first-order chi connectivity index (χ1) is 20.6. The minimum absolute atomic E-state index is 0. The van der Waals surface area contributed by atoms with Crippen LogP contribution < -0.4 is 0 Å². The van der Waals surface area contributed by atoms with Crippen molar-refractivity contribution in [1.29, 1.82) is 0 Å². The minimum Gasteiger partial charge on any atom is -0.358 e. The molecule has 0 bridgehead atoms. The Labute approximate surface area is 307 Å². The van der Waals surface area contributed by atoms with Crippen LogP contribution in [0.25, 0.3) is 0 Å². The van der Waals surface area contributed by atoms with Gasteiger partial charge in [0.25, 0.3) is 0 Å². The smallest absolute Gasteiger partial charge is 0 e. The molecule has 0 heterocycles. The SMILES string of the molecule is C=C.C=C.C=CCC.C=CCCCC=C.C=CCCCC=C.CC.CCC1CC=C2CCCC2C1.CCC1[CH-]CCC1.[CH3-].[Y]. The molecule has 3 unspecified atom stereocenters. The molecule has 0 aliphatic heterocycles. The number of allylic oxidation sites excluding steroid dienone is 7. The summed E-state index contributed by atoms with van der Waals surface area (Å²) in [5, 5.41) is 0. The van der Waals surface area contributed by atoms with E-state index in [1.54, 1.807) is 5.57 Å². The predicted octanol–water partition coefficient (Wildman–Crippen LogP) is 15.7. The van der Waals surface area contributed by atoms with Gasteiger partial charge in [-0.1, -0.05) is 102 Å². The van der Waals surface area contributed by atoms with Crippen LogP contribution in [0.15, 0.2) is 101 Å². The van der Waals surface area contributed by atoms with Gasteiger partial charge in [-0.25, -0.2) is 0 Å². The van der Waals surface area contributed by atoms with Crippen molar-refractivity contribution in [1.82, 2.24) is 0 Å². The summed E-state index contributed by atoms with van der Waals surface area (Å²) in [5.74, 6) is 3.00. The van der Waals surface area contributed by atoms with Crippen molar-refractivity contribution >= 4 is 0 Å². The second kappa shape index (κ2) is 57.7. The van der Waals surface area contributed by atoms with Crippen LogP contribution in [0, 0.1) is 31.6 Å². The summed E-state index contributed by atoms with van der Waals surface area (Å²) < 4.78 is 0. The Morgan fingerprint density at radius 2 is 1.18 bits per heavy atom. The Kier molecular flexibility index (Phi) is 76.7. The summed E-state index contributed by atoms with van der Waals surface area (Å²) in [6.07, 6.45) is 36.8. The van der Waals surface area contributed by atoms with Gasteiger partial charge in [-0.3, -0.25) is 0 Å². The molecule has 0 aromatic heterocycles. The number of hydrogen-bond acceptors (Lipinski definition) is 0. The third-order valence-electron chi connectivity index (χ3n) is 7.18. The average Bonchev–Trinajstić information content (AvgIpc) is 3.78. The van der Waals surface area contributed by atoms with E-state index < -0.39 is 0 Å². The zero-order valence-electron chi connectivity index (χ0n) is 31.2. The molecule has 1 radical (unpaired) electrons. The maximum absolute atomic E-state index is 3.60. The minimum atomic E-state index is 0. The number of rotatable bonds is 11.